The SMILES string of the molecule is c1ccc(-c2nc(-c3ccc(-c4cc(-c5ccc6ccc7cccnc7c6n5)cc(-c5cccc6oc7ccccc7c56)c4)cc3)nc(-c3ccc4sc5ccccc5c4c3)n2)cc1. The number of aromatic nitrogens is 5. The molecule has 0 bridgehead atoms. The van der Waals surface area contributed by atoms with Gasteiger partial charge >= 0.3 is 0 Å². The predicted octanol–water partition coefficient (Wildman–Crippen LogP) is 15.2. The minimum atomic E-state index is 0.611. The first-order chi connectivity index (χ1) is 31.7. The van der Waals surface area contributed by atoms with Crippen molar-refractivity contribution in [3.63, 3.8) is 0 Å². The van der Waals surface area contributed by atoms with Gasteiger partial charge in [-0.05, 0) is 89.0 Å². The Hall–Kier alpha value is -8.39. The fraction of sp³-hybridized carbons (Fsp3) is 0. The molecule has 0 unspecified atom stereocenters. The summed E-state index contributed by atoms with van der Waals surface area (Å²) in [5.74, 6) is 1.87. The summed E-state index contributed by atoms with van der Waals surface area (Å²) < 4.78 is 8.86. The lowest BCUT2D eigenvalue weighted by Crippen LogP contribution is -2.00. The van der Waals surface area contributed by atoms with E-state index in [-0.39, 0.29) is 0 Å². The molecule has 0 aliphatic rings. The van der Waals surface area contributed by atoms with Gasteiger partial charge in [0.25, 0.3) is 0 Å². The molecule has 0 fully saturated rings. The normalized spacial score (nSPS) is 11.8. The fourth-order valence-corrected chi connectivity index (χ4v) is 10.1. The number of hydrogen-bond acceptors (Lipinski definition) is 7. The Labute approximate surface area is 370 Å². The summed E-state index contributed by atoms with van der Waals surface area (Å²) in [4.78, 5) is 25.3. The third kappa shape index (κ3) is 6.13. The Morgan fingerprint density at radius 3 is 1.86 bits per heavy atom. The summed E-state index contributed by atoms with van der Waals surface area (Å²) in [6, 6.07) is 67.6. The lowest BCUT2D eigenvalue weighted by Gasteiger charge is -2.13. The third-order valence-corrected chi connectivity index (χ3v) is 13.3. The van der Waals surface area contributed by atoms with Crippen molar-refractivity contribution in [2.24, 2.45) is 0 Å². The summed E-state index contributed by atoms with van der Waals surface area (Å²) >= 11 is 1.80. The molecule has 0 saturated heterocycles. The van der Waals surface area contributed by atoms with Gasteiger partial charge in [-0.1, -0.05) is 127 Å². The molecule has 0 N–H and O–H groups in total. The number of thiophene rings is 1. The highest BCUT2D eigenvalue weighted by Crippen LogP contribution is 2.41. The lowest BCUT2D eigenvalue weighted by atomic mass is 9.92. The maximum atomic E-state index is 6.36. The number of hydrogen-bond donors (Lipinski definition) is 0. The van der Waals surface area contributed by atoms with Crippen LogP contribution in [0.1, 0.15) is 0 Å². The minimum absolute atomic E-state index is 0.611. The van der Waals surface area contributed by atoms with Gasteiger partial charge < -0.3 is 4.42 Å². The Kier molecular flexibility index (Phi) is 8.29. The first-order valence-corrected chi connectivity index (χ1v) is 22.0. The zero-order chi connectivity index (χ0) is 42.1. The van der Waals surface area contributed by atoms with Crippen LogP contribution in [0.15, 0.2) is 205 Å². The maximum absolute atomic E-state index is 6.36. The van der Waals surface area contributed by atoms with Crippen molar-refractivity contribution in [3.8, 4) is 67.7 Å². The van der Waals surface area contributed by atoms with E-state index in [1.807, 2.05) is 60.8 Å². The Morgan fingerprint density at radius 2 is 1.00 bits per heavy atom. The molecule has 0 radical (unpaired) electrons. The quantitative estimate of drug-likeness (QED) is 0.155. The van der Waals surface area contributed by atoms with Crippen LogP contribution >= 0.6 is 11.3 Å². The van der Waals surface area contributed by atoms with Gasteiger partial charge in [0.15, 0.2) is 17.5 Å². The molecule has 0 aliphatic carbocycles. The van der Waals surface area contributed by atoms with Crippen LogP contribution in [0.3, 0.4) is 0 Å². The number of fused-ring (bicyclic) bond motifs is 9. The summed E-state index contributed by atoms with van der Waals surface area (Å²) in [6.45, 7) is 0. The van der Waals surface area contributed by atoms with Gasteiger partial charge in [-0.2, -0.15) is 0 Å². The second kappa shape index (κ2) is 14.6. The summed E-state index contributed by atoms with van der Waals surface area (Å²) in [5.41, 5.74) is 12.4. The molecule has 0 atom stereocenters. The van der Waals surface area contributed by atoms with E-state index in [1.54, 1.807) is 11.3 Å². The molecule has 13 aromatic rings. The van der Waals surface area contributed by atoms with Crippen LogP contribution in [0.4, 0.5) is 0 Å². The van der Waals surface area contributed by atoms with Gasteiger partial charge in [0.05, 0.1) is 16.7 Å². The van der Waals surface area contributed by atoms with Crippen molar-refractivity contribution in [1.29, 1.82) is 0 Å². The highest BCUT2D eigenvalue weighted by atomic mass is 32.1. The van der Waals surface area contributed by atoms with Crippen molar-refractivity contribution in [2.75, 3.05) is 0 Å². The van der Waals surface area contributed by atoms with Gasteiger partial charge in [0, 0.05) is 70.2 Å². The second-order valence-corrected chi connectivity index (χ2v) is 17.1. The van der Waals surface area contributed by atoms with E-state index in [9.17, 15) is 0 Å². The van der Waals surface area contributed by atoms with Crippen LogP contribution in [0.25, 0.3) is 132 Å². The first-order valence-electron chi connectivity index (χ1n) is 21.2. The van der Waals surface area contributed by atoms with E-state index >= 15 is 0 Å². The molecule has 64 heavy (non-hydrogen) atoms. The van der Waals surface area contributed by atoms with E-state index in [2.05, 4.69) is 140 Å². The highest BCUT2D eigenvalue weighted by Gasteiger charge is 2.18. The van der Waals surface area contributed by atoms with Crippen LogP contribution in [0, 0.1) is 0 Å². The molecule has 13 rings (SSSR count). The van der Waals surface area contributed by atoms with Crippen molar-refractivity contribution >= 4 is 75.3 Å². The zero-order valence-corrected chi connectivity index (χ0v) is 34.9. The number of furan rings is 1. The molecule has 6 nitrogen and oxygen atoms in total. The molecule has 0 aliphatic heterocycles. The molecule has 5 heterocycles. The smallest absolute Gasteiger partial charge is 0.164 e. The van der Waals surface area contributed by atoms with Gasteiger partial charge in [-0.15, -0.1) is 11.3 Å². The molecule has 0 spiro atoms. The third-order valence-electron chi connectivity index (χ3n) is 12.2. The summed E-state index contributed by atoms with van der Waals surface area (Å²) in [7, 11) is 0. The van der Waals surface area contributed by atoms with Gasteiger partial charge in [0.2, 0.25) is 0 Å². The predicted molar refractivity (Wildman–Crippen MR) is 263 cm³/mol. The molecule has 0 saturated carbocycles. The Balaban J connectivity index is 0.958. The van der Waals surface area contributed by atoms with Crippen molar-refractivity contribution in [3.05, 3.63) is 200 Å². The van der Waals surface area contributed by atoms with Crippen LogP contribution < -0.4 is 0 Å². The summed E-state index contributed by atoms with van der Waals surface area (Å²) in [6.07, 6.45) is 1.83. The zero-order valence-electron chi connectivity index (χ0n) is 34.1. The number of para-hydroxylation sites is 1. The lowest BCUT2D eigenvalue weighted by molar-refractivity contribution is 0.669. The average Bonchev–Trinajstić information content (AvgIpc) is 3.94. The Morgan fingerprint density at radius 1 is 0.359 bits per heavy atom. The summed E-state index contributed by atoms with van der Waals surface area (Å²) in [5, 5.41) is 6.72. The minimum Gasteiger partial charge on any atom is -0.456 e. The van der Waals surface area contributed by atoms with Crippen LogP contribution in [-0.2, 0) is 0 Å². The Bertz CT molecular complexity index is 3970. The molecular formula is C57H33N5OS. The standard InChI is InChI=1S/C57H33N5OS/c1-2-10-37(11-3-1)55-60-56(62-57(61-55)39-26-28-51-46(33-39)44-13-5-7-18-50(44)64-51)38-23-19-34(20-24-38)40-30-41(43-15-8-17-49-52(43)45-14-4-6-16-48(45)63-49)32-42(31-40)47-27-25-36-22-21-35-12-9-29-58-53(35)54(36)59-47/h1-33H. The van der Waals surface area contributed by atoms with Crippen LogP contribution in [-0.4, -0.2) is 24.9 Å². The monoisotopic (exact) mass is 835 g/mol. The van der Waals surface area contributed by atoms with E-state index < -0.39 is 0 Å². The largest absolute Gasteiger partial charge is 0.456 e. The number of nitrogens with zero attached hydrogens (tertiary/aromatic N) is 5. The number of benzene rings is 8. The van der Waals surface area contributed by atoms with Crippen LogP contribution in [0.2, 0.25) is 0 Å². The average molecular weight is 836 g/mol. The van der Waals surface area contributed by atoms with Crippen molar-refractivity contribution in [1.82, 2.24) is 24.9 Å². The fourth-order valence-electron chi connectivity index (χ4n) is 9.02. The molecular weight excluding hydrogens is 803 g/mol. The van der Waals surface area contributed by atoms with E-state index in [0.29, 0.717) is 17.5 Å². The van der Waals surface area contributed by atoms with Crippen molar-refractivity contribution in [2.45, 2.75) is 0 Å². The topological polar surface area (TPSA) is 77.6 Å². The molecule has 7 heteroatoms. The number of rotatable bonds is 6. The molecule has 8 aromatic carbocycles. The molecule has 5 aromatic heterocycles. The second-order valence-electron chi connectivity index (χ2n) is 16.0. The maximum Gasteiger partial charge on any atom is 0.164 e. The highest BCUT2D eigenvalue weighted by molar-refractivity contribution is 7.25. The first kappa shape index (κ1) is 36.3. The van der Waals surface area contributed by atoms with Crippen LogP contribution in [0.5, 0.6) is 0 Å². The molecule has 298 valence electrons. The molecule has 0 amide bonds. The van der Waals surface area contributed by atoms with Gasteiger partial charge in [0.1, 0.15) is 11.2 Å². The van der Waals surface area contributed by atoms with Crippen molar-refractivity contribution < 1.29 is 4.42 Å². The number of pyridine rings is 2. The van der Waals surface area contributed by atoms with E-state index in [4.69, 9.17) is 29.3 Å². The van der Waals surface area contributed by atoms with E-state index in [1.165, 1.54) is 20.2 Å². The van der Waals surface area contributed by atoms with E-state index in [0.717, 1.165) is 93.9 Å². The van der Waals surface area contributed by atoms with Gasteiger partial charge in [-0.3, -0.25) is 4.98 Å². The van der Waals surface area contributed by atoms with Gasteiger partial charge in [-0.25, -0.2) is 19.9 Å².